The van der Waals surface area contributed by atoms with Crippen LogP contribution in [0.3, 0.4) is 0 Å². The predicted octanol–water partition coefficient (Wildman–Crippen LogP) is -2.02. The largest absolute Gasteiger partial charge is 0.459 e. The molecule has 33 heavy (non-hydrogen) atoms. The third kappa shape index (κ3) is 7.59. The Morgan fingerprint density at radius 3 is 2.52 bits per heavy atom. The molecule has 1 amide bonds. The number of carbonyl (C=O) groups excluding carboxylic acids is 2. The van der Waals surface area contributed by atoms with E-state index >= 15 is 0 Å². The van der Waals surface area contributed by atoms with Crippen LogP contribution in [0.15, 0.2) is 17.1 Å². The summed E-state index contributed by atoms with van der Waals surface area (Å²) in [4.78, 5) is 40.7. The Kier molecular flexibility index (Phi) is 9.11. The lowest BCUT2D eigenvalue weighted by molar-refractivity contribution is -0.157. The average Bonchev–Trinajstić information content (AvgIpc) is 2.98. The van der Waals surface area contributed by atoms with Crippen LogP contribution in [-0.4, -0.2) is 85.4 Å². The standard InChI is InChI=1S/C19H31BN4O9/c1-19(2,3)33-17(29)10(23-20(4)31)5-6-13(26)21-12-7-8-24(18(30)22-12)16-15(28)14(27)11(9-25)32-16/h7-8,10-11,14-16,23,25,27-28,31H,5-6,9H2,1-4H3,(H,21,22,26,30)/t10?,11-,14+,15?,16-/m1/s1. The molecule has 0 aliphatic carbocycles. The first-order valence-corrected chi connectivity index (χ1v) is 10.5. The number of aliphatic hydroxyl groups is 3. The minimum atomic E-state index is -1.45. The zero-order chi connectivity index (χ0) is 24.9. The van der Waals surface area contributed by atoms with Crippen molar-refractivity contribution in [3.05, 3.63) is 22.7 Å². The van der Waals surface area contributed by atoms with Gasteiger partial charge in [0.15, 0.2) is 6.23 Å². The van der Waals surface area contributed by atoms with Gasteiger partial charge in [-0.25, -0.2) is 4.79 Å². The Morgan fingerprint density at radius 1 is 1.33 bits per heavy atom. The van der Waals surface area contributed by atoms with Crippen LogP contribution in [0.5, 0.6) is 0 Å². The van der Waals surface area contributed by atoms with Gasteiger partial charge < -0.3 is 40.4 Å². The second-order valence-electron chi connectivity index (χ2n) is 8.75. The predicted molar refractivity (Wildman–Crippen MR) is 116 cm³/mol. The molecule has 0 aromatic carbocycles. The number of nitrogens with zero attached hydrogens (tertiary/aromatic N) is 2. The van der Waals surface area contributed by atoms with E-state index in [1.54, 1.807) is 20.8 Å². The summed E-state index contributed by atoms with van der Waals surface area (Å²) in [6.07, 6.45) is -4.02. The first kappa shape index (κ1) is 26.9. The lowest BCUT2D eigenvalue weighted by Gasteiger charge is -2.25. The molecular formula is C19H31BN4O9. The summed E-state index contributed by atoms with van der Waals surface area (Å²) in [6.45, 7) is 5.99. The Balaban J connectivity index is 2.00. The number of ether oxygens (including phenoxy) is 2. The Labute approximate surface area is 190 Å². The molecule has 0 bridgehead atoms. The highest BCUT2D eigenvalue weighted by atomic mass is 16.6. The highest BCUT2D eigenvalue weighted by Crippen LogP contribution is 2.28. The molecule has 2 unspecified atom stereocenters. The van der Waals surface area contributed by atoms with E-state index in [2.05, 4.69) is 15.5 Å². The topological polar surface area (TPSA) is 192 Å². The maximum absolute atomic E-state index is 12.3. The smallest absolute Gasteiger partial charge is 0.374 e. The van der Waals surface area contributed by atoms with Crippen LogP contribution in [0.25, 0.3) is 0 Å². The van der Waals surface area contributed by atoms with E-state index in [0.717, 1.165) is 4.57 Å². The number of hydrogen-bond donors (Lipinski definition) is 6. The maximum Gasteiger partial charge on any atom is 0.374 e. The van der Waals surface area contributed by atoms with Crippen molar-refractivity contribution in [2.75, 3.05) is 11.9 Å². The van der Waals surface area contributed by atoms with Gasteiger partial charge in [-0.05, 0) is 40.1 Å². The molecule has 0 saturated carbocycles. The van der Waals surface area contributed by atoms with Crippen molar-refractivity contribution in [2.24, 2.45) is 0 Å². The van der Waals surface area contributed by atoms with Crippen molar-refractivity contribution in [3.63, 3.8) is 0 Å². The number of aromatic nitrogens is 2. The number of nitrogens with one attached hydrogen (secondary N) is 2. The van der Waals surface area contributed by atoms with Crippen molar-refractivity contribution in [1.82, 2.24) is 14.8 Å². The minimum absolute atomic E-state index is 0.0191. The van der Waals surface area contributed by atoms with E-state index in [1.165, 1.54) is 19.1 Å². The van der Waals surface area contributed by atoms with Crippen molar-refractivity contribution in [1.29, 1.82) is 0 Å². The molecule has 1 aromatic heterocycles. The van der Waals surface area contributed by atoms with E-state index in [9.17, 15) is 29.6 Å². The second-order valence-corrected chi connectivity index (χ2v) is 8.75. The van der Waals surface area contributed by atoms with Crippen molar-refractivity contribution >= 4 is 24.7 Å². The molecule has 0 radical (unpaired) electrons. The zero-order valence-corrected chi connectivity index (χ0v) is 19.0. The van der Waals surface area contributed by atoms with Gasteiger partial charge in [-0.2, -0.15) is 4.98 Å². The van der Waals surface area contributed by atoms with Crippen LogP contribution in [0.1, 0.15) is 39.8 Å². The van der Waals surface area contributed by atoms with Gasteiger partial charge in [0.1, 0.15) is 29.7 Å². The van der Waals surface area contributed by atoms with Gasteiger partial charge >= 0.3 is 18.7 Å². The van der Waals surface area contributed by atoms with Crippen LogP contribution < -0.4 is 16.2 Å². The Hall–Kier alpha value is -2.36. The summed E-state index contributed by atoms with van der Waals surface area (Å²) in [5.41, 5.74) is -1.60. The molecule has 13 nitrogen and oxygen atoms in total. The van der Waals surface area contributed by atoms with E-state index in [4.69, 9.17) is 14.6 Å². The summed E-state index contributed by atoms with van der Waals surface area (Å²) >= 11 is 0. The molecule has 1 saturated heterocycles. The number of aliphatic hydroxyl groups excluding tert-OH is 3. The Bertz CT molecular complexity index is 889. The SMILES string of the molecule is CB(O)NC(CCC(=O)Nc1ccn([C@@H]2O[C@H](CO)[C@H](O)C2O)c(=O)n1)C(=O)OC(C)(C)C. The number of carbonyl (C=O) groups is 2. The van der Waals surface area contributed by atoms with Gasteiger partial charge in [-0.3, -0.25) is 14.2 Å². The fraction of sp³-hybridized carbons (Fsp3) is 0.684. The molecule has 6 N–H and O–H groups in total. The molecule has 1 fully saturated rings. The summed E-state index contributed by atoms with van der Waals surface area (Å²) in [6, 6.07) is 0.371. The second kappa shape index (κ2) is 11.2. The van der Waals surface area contributed by atoms with Crippen LogP contribution in [0, 0.1) is 0 Å². The Morgan fingerprint density at radius 2 is 2.00 bits per heavy atom. The number of esters is 1. The summed E-state index contributed by atoms with van der Waals surface area (Å²) < 4.78 is 11.5. The molecule has 1 aliphatic rings. The zero-order valence-electron chi connectivity index (χ0n) is 19.0. The van der Waals surface area contributed by atoms with Crippen molar-refractivity contribution < 1.29 is 39.4 Å². The molecule has 2 rings (SSSR count). The molecule has 1 aromatic rings. The first-order chi connectivity index (χ1) is 15.3. The minimum Gasteiger partial charge on any atom is -0.459 e. The highest BCUT2D eigenvalue weighted by Gasteiger charge is 2.43. The van der Waals surface area contributed by atoms with Crippen LogP contribution in [-0.2, 0) is 19.1 Å². The van der Waals surface area contributed by atoms with Gasteiger partial charge in [-0.15, -0.1) is 0 Å². The lowest BCUT2D eigenvalue weighted by atomic mass is 9.86. The van der Waals surface area contributed by atoms with E-state index in [1.807, 2.05) is 0 Å². The molecule has 0 spiro atoms. The number of hydrogen-bond acceptors (Lipinski definition) is 11. The maximum atomic E-state index is 12.3. The van der Waals surface area contributed by atoms with Gasteiger partial charge in [0.05, 0.1) is 12.6 Å². The normalized spacial score (nSPS) is 23.8. The van der Waals surface area contributed by atoms with Crippen molar-refractivity contribution in [3.8, 4) is 0 Å². The van der Waals surface area contributed by atoms with E-state index in [-0.39, 0.29) is 18.7 Å². The molecule has 14 heteroatoms. The average molecular weight is 470 g/mol. The fourth-order valence-corrected chi connectivity index (χ4v) is 3.20. The van der Waals surface area contributed by atoms with Crippen LogP contribution >= 0.6 is 0 Å². The summed E-state index contributed by atoms with van der Waals surface area (Å²) in [5, 5.41) is 43.7. The molecule has 1 aliphatic heterocycles. The third-order valence-corrected chi connectivity index (χ3v) is 4.68. The molecule has 2 heterocycles. The monoisotopic (exact) mass is 470 g/mol. The van der Waals surface area contributed by atoms with Crippen molar-refractivity contribution in [2.45, 2.75) is 76.6 Å². The van der Waals surface area contributed by atoms with Crippen LogP contribution in [0.4, 0.5) is 5.82 Å². The number of rotatable bonds is 9. The lowest BCUT2D eigenvalue weighted by Crippen LogP contribution is -2.47. The summed E-state index contributed by atoms with van der Waals surface area (Å²) in [5.74, 6) is -1.21. The molecule has 5 atom stereocenters. The highest BCUT2D eigenvalue weighted by molar-refractivity contribution is 6.46. The van der Waals surface area contributed by atoms with Crippen LogP contribution in [0.2, 0.25) is 6.82 Å². The van der Waals surface area contributed by atoms with Gasteiger partial charge in [0, 0.05) is 12.6 Å². The van der Waals surface area contributed by atoms with Gasteiger partial charge in [-0.1, -0.05) is 0 Å². The third-order valence-electron chi connectivity index (χ3n) is 4.68. The van der Waals surface area contributed by atoms with Gasteiger partial charge in [0.2, 0.25) is 5.91 Å². The fourth-order valence-electron chi connectivity index (χ4n) is 3.20. The quantitative estimate of drug-likeness (QED) is 0.172. The van der Waals surface area contributed by atoms with Gasteiger partial charge in [0.25, 0.3) is 0 Å². The molecular weight excluding hydrogens is 439 g/mol. The number of anilines is 1. The first-order valence-electron chi connectivity index (χ1n) is 10.5. The number of amides is 1. The molecule has 184 valence electrons. The summed E-state index contributed by atoms with van der Waals surface area (Å²) in [7, 11) is -1.00. The van der Waals surface area contributed by atoms with E-state index < -0.39 is 67.4 Å². The van der Waals surface area contributed by atoms with E-state index in [0.29, 0.717) is 0 Å².